The summed E-state index contributed by atoms with van der Waals surface area (Å²) in [5.74, 6) is -0.695. The molecular weight excluding hydrogens is 242 g/mol. The van der Waals surface area contributed by atoms with E-state index in [1.165, 1.54) is 11.8 Å². The van der Waals surface area contributed by atoms with Crippen LogP contribution in [0.3, 0.4) is 0 Å². The number of hydrogen-bond donors (Lipinski definition) is 2. The Morgan fingerprint density at radius 1 is 1.16 bits per heavy atom. The van der Waals surface area contributed by atoms with Crippen LogP contribution >= 0.6 is 0 Å². The van der Waals surface area contributed by atoms with Crippen LogP contribution in [0.15, 0.2) is 18.3 Å². The number of aryl methyl sites for hydroxylation is 3. The Kier molecular flexibility index (Phi) is 3.21. The molecule has 1 aromatic heterocycles. The standard InChI is InChI=1S/C14H15N3O2/c1-7-4-9(3)10(5-8(7)2)13-16-6-11(14(18)19)12(15)17-13/h4-6H,1-3H3,(H,18,19)(H2,15,16,17). The Balaban J connectivity index is 2.57. The third-order valence-electron chi connectivity index (χ3n) is 3.13. The van der Waals surface area contributed by atoms with Crippen molar-refractivity contribution in [2.24, 2.45) is 0 Å². The number of nitrogens with two attached hydrogens (primary N) is 1. The first-order chi connectivity index (χ1) is 8.90. The van der Waals surface area contributed by atoms with Crippen LogP contribution in [0.2, 0.25) is 0 Å². The van der Waals surface area contributed by atoms with E-state index in [-0.39, 0.29) is 11.4 Å². The maximum Gasteiger partial charge on any atom is 0.341 e. The average Bonchev–Trinajstić information content (AvgIpc) is 2.33. The molecule has 5 heteroatoms. The molecule has 0 radical (unpaired) electrons. The van der Waals surface area contributed by atoms with Gasteiger partial charge in [0.05, 0.1) is 0 Å². The Morgan fingerprint density at radius 2 is 1.79 bits per heavy atom. The van der Waals surface area contributed by atoms with E-state index in [2.05, 4.69) is 16.0 Å². The molecule has 0 aliphatic carbocycles. The van der Waals surface area contributed by atoms with E-state index < -0.39 is 5.97 Å². The van der Waals surface area contributed by atoms with E-state index in [0.717, 1.165) is 16.7 Å². The fourth-order valence-corrected chi connectivity index (χ4v) is 1.89. The van der Waals surface area contributed by atoms with E-state index in [0.29, 0.717) is 5.82 Å². The Morgan fingerprint density at radius 3 is 2.37 bits per heavy atom. The first kappa shape index (κ1) is 13.0. The van der Waals surface area contributed by atoms with Crippen LogP contribution in [0.25, 0.3) is 11.4 Å². The summed E-state index contributed by atoms with van der Waals surface area (Å²) in [4.78, 5) is 19.0. The van der Waals surface area contributed by atoms with Crippen molar-refractivity contribution in [3.63, 3.8) is 0 Å². The number of aromatic carboxylic acids is 1. The highest BCUT2D eigenvalue weighted by Gasteiger charge is 2.13. The number of carboxylic acids is 1. The lowest BCUT2D eigenvalue weighted by atomic mass is 10.0. The predicted molar refractivity (Wildman–Crippen MR) is 73.1 cm³/mol. The molecule has 5 nitrogen and oxygen atoms in total. The summed E-state index contributed by atoms with van der Waals surface area (Å²) in [6, 6.07) is 4.04. The van der Waals surface area contributed by atoms with Gasteiger partial charge in [-0.2, -0.15) is 0 Å². The summed E-state index contributed by atoms with van der Waals surface area (Å²) in [6.07, 6.45) is 1.24. The minimum Gasteiger partial charge on any atom is -0.477 e. The lowest BCUT2D eigenvalue weighted by molar-refractivity contribution is 0.0697. The van der Waals surface area contributed by atoms with Crippen LogP contribution in [-0.2, 0) is 0 Å². The summed E-state index contributed by atoms with van der Waals surface area (Å²) in [5, 5.41) is 8.90. The normalized spacial score (nSPS) is 10.5. The molecule has 0 aliphatic rings. The SMILES string of the molecule is Cc1cc(C)c(-c2ncc(C(=O)O)c(N)n2)cc1C. The Labute approximate surface area is 111 Å². The molecule has 1 heterocycles. The molecule has 2 rings (SSSR count). The Hall–Kier alpha value is -2.43. The molecule has 0 saturated heterocycles. The third kappa shape index (κ3) is 2.40. The number of anilines is 1. The number of carbonyl (C=O) groups is 1. The van der Waals surface area contributed by atoms with Gasteiger partial charge in [-0.15, -0.1) is 0 Å². The van der Waals surface area contributed by atoms with E-state index in [1.807, 2.05) is 26.8 Å². The van der Waals surface area contributed by atoms with E-state index in [9.17, 15) is 4.79 Å². The van der Waals surface area contributed by atoms with Crippen LogP contribution in [0.5, 0.6) is 0 Å². The van der Waals surface area contributed by atoms with E-state index in [4.69, 9.17) is 10.8 Å². The van der Waals surface area contributed by atoms with Gasteiger partial charge in [-0.25, -0.2) is 14.8 Å². The van der Waals surface area contributed by atoms with Crippen molar-refractivity contribution in [3.8, 4) is 11.4 Å². The lowest BCUT2D eigenvalue weighted by Crippen LogP contribution is -2.07. The molecule has 0 spiro atoms. The smallest absolute Gasteiger partial charge is 0.341 e. The average molecular weight is 257 g/mol. The fraction of sp³-hybridized carbons (Fsp3) is 0.214. The van der Waals surface area contributed by atoms with Crippen molar-refractivity contribution in [2.75, 3.05) is 5.73 Å². The predicted octanol–water partition coefficient (Wildman–Crippen LogP) is 2.35. The molecule has 0 bridgehead atoms. The second-order valence-corrected chi connectivity index (χ2v) is 4.55. The molecule has 0 amide bonds. The number of carboxylic acid groups (broad SMARTS) is 1. The molecule has 0 aliphatic heterocycles. The van der Waals surface area contributed by atoms with Gasteiger partial charge in [0, 0.05) is 11.8 Å². The maximum absolute atomic E-state index is 10.9. The molecule has 19 heavy (non-hydrogen) atoms. The highest BCUT2D eigenvalue weighted by Crippen LogP contribution is 2.24. The summed E-state index contributed by atoms with van der Waals surface area (Å²) >= 11 is 0. The van der Waals surface area contributed by atoms with Gasteiger partial charge < -0.3 is 10.8 Å². The monoisotopic (exact) mass is 257 g/mol. The molecule has 0 fully saturated rings. The van der Waals surface area contributed by atoms with Gasteiger partial charge in [-0.1, -0.05) is 6.07 Å². The number of nitrogens with zero attached hydrogens (tertiary/aromatic N) is 2. The van der Waals surface area contributed by atoms with E-state index in [1.54, 1.807) is 0 Å². The van der Waals surface area contributed by atoms with Gasteiger partial charge in [0.15, 0.2) is 5.82 Å². The topological polar surface area (TPSA) is 89.1 Å². The van der Waals surface area contributed by atoms with Crippen LogP contribution in [-0.4, -0.2) is 21.0 Å². The fourth-order valence-electron chi connectivity index (χ4n) is 1.89. The van der Waals surface area contributed by atoms with Crippen LogP contribution in [0.1, 0.15) is 27.0 Å². The van der Waals surface area contributed by atoms with Gasteiger partial charge in [0.25, 0.3) is 0 Å². The summed E-state index contributed by atoms with van der Waals surface area (Å²) in [7, 11) is 0. The third-order valence-corrected chi connectivity index (χ3v) is 3.13. The van der Waals surface area contributed by atoms with Crippen LogP contribution < -0.4 is 5.73 Å². The summed E-state index contributed by atoms with van der Waals surface area (Å²) < 4.78 is 0. The molecule has 0 unspecified atom stereocenters. The highest BCUT2D eigenvalue weighted by atomic mass is 16.4. The minimum absolute atomic E-state index is 0.0184. The zero-order valence-electron chi connectivity index (χ0n) is 11.1. The van der Waals surface area contributed by atoms with E-state index >= 15 is 0 Å². The van der Waals surface area contributed by atoms with Crippen molar-refractivity contribution in [2.45, 2.75) is 20.8 Å². The first-order valence-corrected chi connectivity index (χ1v) is 5.84. The summed E-state index contributed by atoms with van der Waals surface area (Å²) in [6.45, 7) is 6.01. The molecule has 2 aromatic rings. The van der Waals surface area contributed by atoms with Crippen molar-refractivity contribution in [3.05, 3.63) is 40.6 Å². The number of aromatic nitrogens is 2. The number of nitrogen functional groups attached to an aromatic ring is 1. The molecule has 3 N–H and O–H groups in total. The first-order valence-electron chi connectivity index (χ1n) is 5.84. The molecule has 0 saturated carbocycles. The Bertz CT molecular complexity index is 666. The zero-order valence-corrected chi connectivity index (χ0v) is 11.1. The highest BCUT2D eigenvalue weighted by molar-refractivity contribution is 5.92. The number of rotatable bonds is 2. The maximum atomic E-state index is 10.9. The van der Waals surface area contributed by atoms with Gasteiger partial charge in [0.1, 0.15) is 11.4 Å². The minimum atomic E-state index is -1.12. The quantitative estimate of drug-likeness (QED) is 0.862. The largest absolute Gasteiger partial charge is 0.477 e. The van der Waals surface area contributed by atoms with Crippen LogP contribution in [0.4, 0.5) is 5.82 Å². The van der Waals surface area contributed by atoms with Crippen molar-refractivity contribution in [1.29, 1.82) is 0 Å². The number of hydrogen-bond acceptors (Lipinski definition) is 4. The molecule has 98 valence electrons. The molecule has 1 aromatic carbocycles. The summed E-state index contributed by atoms with van der Waals surface area (Å²) in [5.41, 5.74) is 9.79. The second kappa shape index (κ2) is 4.68. The van der Waals surface area contributed by atoms with Gasteiger partial charge in [0.2, 0.25) is 0 Å². The van der Waals surface area contributed by atoms with Crippen LogP contribution in [0, 0.1) is 20.8 Å². The zero-order chi connectivity index (χ0) is 14.2. The number of benzene rings is 1. The van der Waals surface area contributed by atoms with Crippen molar-refractivity contribution >= 4 is 11.8 Å². The van der Waals surface area contributed by atoms with Gasteiger partial charge in [-0.3, -0.25) is 0 Å². The molecule has 0 atom stereocenters. The van der Waals surface area contributed by atoms with Crippen molar-refractivity contribution < 1.29 is 9.90 Å². The van der Waals surface area contributed by atoms with Crippen molar-refractivity contribution in [1.82, 2.24) is 9.97 Å². The lowest BCUT2D eigenvalue weighted by Gasteiger charge is -2.09. The van der Waals surface area contributed by atoms with Gasteiger partial charge in [-0.05, 0) is 43.5 Å². The van der Waals surface area contributed by atoms with Gasteiger partial charge >= 0.3 is 5.97 Å². The molecular formula is C14H15N3O2. The second-order valence-electron chi connectivity index (χ2n) is 4.55.